The van der Waals surface area contributed by atoms with E-state index in [0.717, 1.165) is 32.2 Å². The first-order chi connectivity index (χ1) is 10.1. The van der Waals surface area contributed by atoms with Gasteiger partial charge >= 0.3 is 6.09 Å². The number of alkyl carbamates (subject to hydrolysis) is 1. The summed E-state index contributed by atoms with van der Waals surface area (Å²) >= 11 is 0. The fraction of sp³-hybridized carbons (Fsp3) is 0.933. The lowest BCUT2D eigenvalue weighted by atomic mass is 9.91. The van der Waals surface area contributed by atoms with E-state index in [-0.39, 0.29) is 17.9 Å². The molecule has 0 bridgehead atoms. The first-order valence-electron chi connectivity index (χ1n) is 7.96. The molecule has 0 aliphatic heterocycles. The van der Waals surface area contributed by atoms with Gasteiger partial charge in [0.05, 0.1) is 5.75 Å². The largest absolute Gasteiger partial charge is 0.444 e. The van der Waals surface area contributed by atoms with Gasteiger partial charge in [-0.25, -0.2) is 13.2 Å². The highest BCUT2D eigenvalue weighted by Gasteiger charge is 2.24. The Kier molecular flexibility index (Phi) is 7.12. The highest BCUT2D eigenvalue weighted by atomic mass is 32.2. The zero-order valence-corrected chi connectivity index (χ0v) is 15.0. The van der Waals surface area contributed by atoms with E-state index in [9.17, 15) is 13.2 Å². The second-order valence-corrected chi connectivity index (χ2v) is 9.39. The SMILES string of the molecule is CC(C)(C)OC(=O)NC1CCC(NCCCS(C)(=O)=O)CC1. The summed E-state index contributed by atoms with van der Waals surface area (Å²) in [5.41, 5.74) is -0.470. The maximum Gasteiger partial charge on any atom is 0.407 e. The topological polar surface area (TPSA) is 84.5 Å². The Hall–Kier alpha value is -0.820. The molecule has 0 spiro atoms. The molecular weight excluding hydrogens is 304 g/mol. The summed E-state index contributed by atoms with van der Waals surface area (Å²) in [5, 5.41) is 6.31. The maximum absolute atomic E-state index is 11.7. The minimum Gasteiger partial charge on any atom is -0.444 e. The standard InChI is InChI=1S/C15H30N2O4S/c1-15(2,3)21-14(18)17-13-8-6-12(7-9-13)16-10-5-11-22(4,19)20/h12-13,16H,5-11H2,1-4H3,(H,17,18). The zero-order chi connectivity index (χ0) is 16.8. The fourth-order valence-corrected chi connectivity index (χ4v) is 3.23. The number of rotatable bonds is 6. The summed E-state index contributed by atoms with van der Waals surface area (Å²) in [4.78, 5) is 11.7. The van der Waals surface area contributed by atoms with Crippen LogP contribution in [0, 0.1) is 0 Å². The smallest absolute Gasteiger partial charge is 0.407 e. The van der Waals surface area contributed by atoms with E-state index in [0.29, 0.717) is 12.5 Å². The molecule has 1 aliphatic carbocycles. The Morgan fingerprint density at radius 3 is 2.18 bits per heavy atom. The highest BCUT2D eigenvalue weighted by Crippen LogP contribution is 2.19. The number of carbonyl (C=O) groups is 1. The van der Waals surface area contributed by atoms with E-state index in [1.807, 2.05) is 20.8 Å². The predicted molar refractivity (Wildman–Crippen MR) is 87.7 cm³/mol. The van der Waals surface area contributed by atoms with Crippen LogP contribution in [0.1, 0.15) is 52.9 Å². The van der Waals surface area contributed by atoms with Gasteiger partial charge in [-0.05, 0) is 59.4 Å². The Bertz CT molecular complexity index is 449. The maximum atomic E-state index is 11.7. The van der Waals surface area contributed by atoms with Crippen LogP contribution >= 0.6 is 0 Å². The lowest BCUT2D eigenvalue weighted by Crippen LogP contribution is -2.44. The lowest BCUT2D eigenvalue weighted by molar-refractivity contribution is 0.0490. The van der Waals surface area contributed by atoms with E-state index < -0.39 is 15.4 Å². The van der Waals surface area contributed by atoms with Crippen molar-refractivity contribution in [2.45, 2.75) is 70.6 Å². The molecule has 0 aromatic heterocycles. The third-order valence-corrected chi connectivity index (χ3v) is 4.60. The van der Waals surface area contributed by atoms with Gasteiger partial charge in [-0.1, -0.05) is 0 Å². The summed E-state index contributed by atoms with van der Waals surface area (Å²) in [6.45, 7) is 6.28. The Labute approximate surface area is 134 Å². The Morgan fingerprint density at radius 1 is 1.14 bits per heavy atom. The molecule has 7 heteroatoms. The van der Waals surface area contributed by atoms with Gasteiger partial charge in [0.2, 0.25) is 0 Å². The molecule has 0 heterocycles. The van der Waals surface area contributed by atoms with Gasteiger partial charge in [0.25, 0.3) is 0 Å². The van der Waals surface area contributed by atoms with Crippen molar-refractivity contribution in [1.82, 2.24) is 10.6 Å². The second-order valence-electron chi connectivity index (χ2n) is 7.13. The molecule has 1 rings (SSSR count). The van der Waals surface area contributed by atoms with Crippen molar-refractivity contribution in [2.24, 2.45) is 0 Å². The van der Waals surface area contributed by atoms with Crippen LogP contribution in [0.4, 0.5) is 4.79 Å². The molecule has 1 saturated carbocycles. The predicted octanol–water partition coefficient (Wildman–Crippen LogP) is 1.85. The molecule has 0 aromatic carbocycles. The third-order valence-electron chi connectivity index (χ3n) is 3.57. The van der Waals surface area contributed by atoms with Crippen molar-refractivity contribution >= 4 is 15.9 Å². The summed E-state index contributed by atoms with van der Waals surface area (Å²) < 4.78 is 27.4. The minimum absolute atomic E-state index is 0.170. The molecule has 0 unspecified atom stereocenters. The molecule has 0 aromatic rings. The first kappa shape index (κ1) is 19.2. The van der Waals surface area contributed by atoms with Gasteiger partial charge in [-0.3, -0.25) is 0 Å². The number of hydrogen-bond acceptors (Lipinski definition) is 5. The number of hydrogen-bond donors (Lipinski definition) is 2. The van der Waals surface area contributed by atoms with Crippen LogP contribution in [0.2, 0.25) is 0 Å². The highest BCUT2D eigenvalue weighted by molar-refractivity contribution is 7.90. The van der Waals surface area contributed by atoms with Gasteiger partial charge in [0.1, 0.15) is 15.4 Å². The number of carbonyl (C=O) groups excluding carboxylic acids is 1. The van der Waals surface area contributed by atoms with Crippen molar-refractivity contribution in [3.05, 3.63) is 0 Å². The van der Waals surface area contributed by atoms with Crippen molar-refractivity contribution in [3.63, 3.8) is 0 Å². The molecule has 22 heavy (non-hydrogen) atoms. The minimum atomic E-state index is -2.87. The van der Waals surface area contributed by atoms with E-state index in [1.165, 1.54) is 6.26 Å². The van der Waals surface area contributed by atoms with Gasteiger partial charge in [0.15, 0.2) is 0 Å². The number of amides is 1. The van der Waals surface area contributed by atoms with Crippen LogP contribution in [0.25, 0.3) is 0 Å². The van der Waals surface area contributed by atoms with E-state index in [1.54, 1.807) is 0 Å². The quantitative estimate of drug-likeness (QED) is 0.724. The lowest BCUT2D eigenvalue weighted by Gasteiger charge is -2.30. The number of ether oxygens (including phenoxy) is 1. The molecule has 6 nitrogen and oxygen atoms in total. The molecule has 130 valence electrons. The van der Waals surface area contributed by atoms with Gasteiger partial charge in [-0.2, -0.15) is 0 Å². The summed E-state index contributed by atoms with van der Waals surface area (Å²) in [5.74, 6) is 0.232. The van der Waals surface area contributed by atoms with E-state index in [2.05, 4.69) is 10.6 Å². The van der Waals surface area contributed by atoms with Crippen molar-refractivity contribution < 1.29 is 17.9 Å². The van der Waals surface area contributed by atoms with Crippen molar-refractivity contribution in [3.8, 4) is 0 Å². The molecule has 1 fully saturated rings. The fourth-order valence-electron chi connectivity index (χ4n) is 2.56. The average molecular weight is 334 g/mol. The number of sulfone groups is 1. The average Bonchev–Trinajstić information content (AvgIpc) is 2.33. The van der Waals surface area contributed by atoms with Crippen LogP contribution in [0.3, 0.4) is 0 Å². The van der Waals surface area contributed by atoms with Crippen molar-refractivity contribution in [1.29, 1.82) is 0 Å². The van der Waals surface area contributed by atoms with Crippen LogP contribution in [-0.4, -0.2) is 50.7 Å². The third kappa shape index (κ3) is 9.25. The molecule has 2 N–H and O–H groups in total. The molecular formula is C15H30N2O4S. The second kappa shape index (κ2) is 8.15. The summed E-state index contributed by atoms with van der Waals surface area (Å²) in [6.07, 6.45) is 5.37. The van der Waals surface area contributed by atoms with Gasteiger partial charge < -0.3 is 15.4 Å². The van der Waals surface area contributed by atoms with Gasteiger partial charge in [-0.15, -0.1) is 0 Å². The Balaban J connectivity index is 2.17. The number of nitrogens with one attached hydrogen (secondary N) is 2. The Morgan fingerprint density at radius 2 is 1.68 bits per heavy atom. The van der Waals surface area contributed by atoms with Gasteiger partial charge in [0, 0.05) is 18.3 Å². The van der Waals surface area contributed by atoms with Crippen LogP contribution < -0.4 is 10.6 Å². The molecule has 1 aliphatic rings. The van der Waals surface area contributed by atoms with Crippen LogP contribution in [0.15, 0.2) is 0 Å². The van der Waals surface area contributed by atoms with E-state index in [4.69, 9.17) is 4.74 Å². The normalized spacial score (nSPS) is 23.1. The molecule has 0 atom stereocenters. The monoisotopic (exact) mass is 334 g/mol. The van der Waals surface area contributed by atoms with E-state index >= 15 is 0 Å². The first-order valence-corrected chi connectivity index (χ1v) is 10.0. The summed E-state index contributed by atoms with van der Waals surface area (Å²) in [6, 6.07) is 0.583. The van der Waals surface area contributed by atoms with Crippen LogP contribution in [0.5, 0.6) is 0 Å². The molecule has 1 amide bonds. The molecule has 0 saturated heterocycles. The molecule has 0 radical (unpaired) electrons. The summed E-state index contributed by atoms with van der Waals surface area (Å²) in [7, 11) is -2.87. The zero-order valence-electron chi connectivity index (χ0n) is 14.1. The van der Waals surface area contributed by atoms with Crippen molar-refractivity contribution in [2.75, 3.05) is 18.6 Å². The van der Waals surface area contributed by atoms with Crippen LogP contribution in [-0.2, 0) is 14.6 Å².